The van der Waals surface area contributed by atoms with E-state index in [4.69, 9.17) is 23.2 Å². The molecule has 1 aliphatic rings. The lowest BCUT2D eigenvalue weighted by atomic mass is 10.1. The molecule has 0 bridgehead atoms. The molecule has 6 heteroatoms. The molecular formula is C20H17BrCl2N2O. The lowest BCUT2D eigenvalue weighted by Gasteiger charge is -2.01. The maximum absolute atomic E-state index is 12.6. The Hall–Kier alpha value is -1.62. The predicted molar refractivity (Wildman–Crippen MR) is 98.8 cm³/mol. The summed E-state index contributed by atoms with van der Waals surface area (Å²) in [7, 11) is 0. The van der Waals surface area contributed by atoms with Crippen molar-refractivity contribution in [3.8, 4) is 5.69 Å². The maximum atomic E-state index is 12.6. The summed E-state index contributed by atoms with van der Waals surface area (Å²) in [4.78, 5) is 12.6. The van der Waals surface area contributed by atoms with Crippen LogP contribution < -0.4 is 21.5 Å². The van der Waals surface area contributed by atoms with Gasteiger partial charge in [-0.15, -0.1) is 0 Å². The number of nitrogens with zero attached hydrogens (tertiary/aromatic N) is 2. The van der Waals surface area contributed by atoms with Crippen molar-refractivity contribution in [2.24, 2.45) is 0 Å². The van der Waals surface area contributed by atoms with Gasteiger partial charge in [-0.3, -0.25) is 4.79 Å². The number of hydrogen-bond donors (Lipinski definition) is 0. The zero-order valence-electron chi connectivity index (χ0n) is 14.0. The number of carbonyl (C=O) groups is 1. The first-order chi connectivity index (χ1) is 12.1. The number of halogens is 3. The number of benzene rings is 2. The van der Waals surface area contributed by atoms with Crippen LogP contribution in [0, 0.1) is 0 Å². The smallest absolute Gasteiger partial charge is 0.249 e. The maximum Gasteiger partial charge on any atom is 0.249 e. The number of rotatable bonds is 4. The minimum Gasteiger partial charge on any atom is -1.00 e. The molecule has 3 nitrogen and oxygen atoms in total. The van der Waals surface area contributed by atoms with Crippen LogP contribution in [0.25, 0.3) is 5.69 Å². The Morgan fingerprint density at radius 1 is 0.962 bits per heavy atom. The van der Waals surface area contributed by atoms with Crippen molar-refractivity contribution in [2.75, 3.05) is 0 Å². The minimum atomic E-state index is 0. The number of aromatic nitrogens is 2. The molecule has 0 fully saturated rings. The minimum absolute atomic E-state index is 0. The summed E-state index contributed by atoms with van der Waals surface area (Å²) in [5, 5.41) is 1.36. The zero-order chi connectivity index (χ0) is 17.4. The number of carbonyl (C=O) groups excluding carboxylic acids is 1. The van der Waals surface area contributed by atoms with E-state index in [-0.39, 0.29) is 22.8 Å². The van der Waals surface area contributed by atoms with E-state index in [1.807, 2.05) is 30.6 Å². The van der Waals surface area contributed by atoms with E-state index < -0.39 is 0 Å². The molecule has 134 valence electrons. The van der Waals surface area contributed by atoms with Crippen LogP contribution in [0.1, 0.15) is 28.2 Å². The van der Waals surface area contributed by atoms with Gasteiger partial charge >= 0.3 is 0 Å². The highest BCUT2D eigenvalue weighted by Gasteiger charge is 2.29. The molecule has 0 saturated heterocycles. The lowest BCUT2D eigenvalue weighted by Crippen LogP contribution is -3.00. The molecule has 0 unspecified atom stereocenters. The Morgan fingerprint density at radius 2 is 1.58 bits per heavy atom. The van der Waals surface area contributed by atoms with Gasteiger partial charge in [0.2, 0.25) is 12.1 Å². The van der Waals surface area contributed by atoms with Gasteiger partial charge in [-0.1, -0.05) is 23.2 Å². The Bertz CT molecular complexity index is 934. The fraction of sp³-hybridized carbons (Fsp3) is 0.200. The third kappa shape index (κ3) is 3.73. The predicted octanol–water partition coefficient (Wildman–Crippen LogP) is 1.45. The summed E-state index contributed by atoms with van der Waals surface area (Å²) >= 11 is 11.9. The Labute approximate surface area is 172 Å². The molecule has 0 amide bonds. The van der Waals surface area contributed by atoms with Gasteiger partial charge < -0.3 is 17.0 Å². The molecule has 1 aliphatic carbocycles. The van der Waals surface area contributed by atoms with Gasteiger partial charge in [0, 0.05) is 28.5 Å². The van der Waals surface area contributed by atoms with E-state index >= 15 is 0 Å². The second kappa shape index (κ2) is 7.95. The second-order valence-electron chi connectivity index (χ2n) is 6.27. The van der Waals surface area contributed by atoms with Crippen LogP contribution in [0.15, 0.2) is 54.9 Å². The molecule has 0 radical (unpaired) electrons. The summed E-state index contributed by atoms with van der Waals surface area (Å²) in [5.74, 6) is 0.0876. The molecule has 1 aromatic heterocycles. The highest BCUT2D eigenvalue weighted by atomic mass is 79.9. The van der Waals surface area contributed by atoms with Crippen LogP contribution in [0.5, 0.6) is 0 Å². The van der Waals surface area contributed by atoms with Crippen molar-refractivity contribution in [1.29, 1.82) is 0 Å². The van der Waals surface area contributed by atoms with E-state index in [1.165, 1.54) is 11.4 Å². The molecule has 0 N–H and O–H groups in total. The first-order valence-electron chi connectivity index (χ1n) is 8.29. The lowest BCUT2D eigenvalue weighted by molar-refractivity contribution is -0.689. The van der Waals surface area contributed by atoms with Crippen molar-refractivity contribution in [2.45, 2.75) is 25.8 Å². The summed E-state index contributed by atoms with van der Waals surface area (Å²) in [6, 6.07) is 14.9. The van der Waals surface area contributed by atoms with Crippen LogP contribution in [0.2, 0.25) is 10.0 Å². The number of ketones is 1. The van der Waals surface area contributed by atoms with Gasteiger partial charge in [-0.25, -0.2) is 4.57 Å². The van der Waals surface area contributed by atoms with Crippen LogP contribution in [-0.4, -0.2) is 10.4 Å². The SMILES string of the molecule is O=C(C[n+]1cn(-c2ccc(Cl)cc2)c2c1CCC2)c1ccc(Cl)cc1.[Br-]. The molecule has 0 spiro atoms. The van der Waals surface area contributed by atoms with E-state index in [9.17, 15) is 4.79 Å². The summed E-state index contributed by atoms with van der Waals surface area (Å²) < 4.78 is 4.25. The highest BCUT2D eigenvalue weighted by Crippen LogP contribution is 2.24. The van der Waals surface area contributed by atoms with Crippen LogP contribution in [0.4, 0.5) is 0 Å². The van der Waals surface area contributed by atoms with Crippen LogP contribution in [0.3, 0.4) is 0 Å². The molecule has 2 aromatic carbocycles. The van der Waals surface area contributed by atoms with Crippen molar-refractivity contribution in [1.82, 2.24) is 4.57 Å². The second-order valence-corrected chi connectivity index (χ2v) is 7.14. The first kappa shape index (κ1) is 19.2. The zero-order valence-corrected chi connectivity index (χ0v) is 17.1. The average molecular weight is 452 g/mol. The Kier molecular flexibility index (Phi) is 5.86. The molecular weight excluding hydrogens is 435 g/mol. The number of imidazole rings is 1. The van der Waals surface area contributed by atoms with Gasteiger partial charge in [0.15, 0.2) is 12.2 Å². The van der Waals surface area contributed by atoms with E-state index in [2.05, 4.69) is 9.13 Å². The van der Waals surface area contributed by atoms with E-state index in [0.717, 1.165) is 30.0 Å². The number of hydrogen-bond acceptors (Lipinski definition) is 1. The standard InChI is InChI=1S/C20H17Cl2N2O.BrH/c21-15-6-4-14(5-7-15)20(25)12-23-13-24(19-3-1-2-18(19)23)17-10-8-16(22)9-11-17;/h4-11,13H,1-3,12H2;1H/q+1;/p-1. The van der Waals surface area contributed by atoms with Crippen molar-refractivity contribution in [3.05, 3.63) is 81.9 Å². The normalized spacial score (nSPS) is 12.5. The van der Waals surface area contributed by atoms with Gasteiger partial charge in [0.05, 0.1) is 0 Å². The van der Waals surface area contributed by atoms with Gasteiger partial charge in [-0.05, 0) is 55.0 Å². The summed E-state index contributed by atoms with van der Waals surface area (Å²) in [6.07, 6.45) is 5.18. The van der Waals surface area contributed by atoms with Gasteiger partial charge in [0.1, 0.15) is 11.4 Å². The molecule has 26 heavy (non-hydrogen) atoms. The van der Waals surface area contributed by atoms with Gasteiger partial charge in [-0.2, -0.15) is 4.57 Å². The molecule has 1 heterocycles. The average Bonchev–Trinajstić information content (AvgIpc) is 3.20. The van der Waals surface area contributed by atoms with Crippen molar-refractivity contribution in [3.63, 3.8) is 0 Å². The van der Waals surface area contributed by atoms with E-state index in [1.54, 1.807) is 24.3 Å². The topological polar surface area (TPSA) is 25.9 Å². The van der Waals surface area contributed by atoms with Crippen molar-refractivity contribution < 1.29 is 26.3 Å². The van der Waals surface area contributed by atoms with Crippen LogP contribution >= 0.6 is 23.2 Å². The van der Waals surface area contributed by atoms with Crippen LogP contribution in [-0.2, 0) is 19.4 Å². The fourth-order valence-corrected chi connectivity index (χ4v) is 3.65. The molecule has 0 saturated carbocycles. The van der Waals surface area contributed by atoms with E-state index in [0.29, 0.717) is 17.1 Å². The third-order valence-electron chi connectivity index (χ3n) is 4.64. The molecule has 4 rings (SSSR count). The van der Waals surface area contributed by atoms with Gasteiger partial charge in [0.25, 0.3) is 0 Å². The third-order valence-corrected chi connectivity index (χ3v) is 5.14. The first-order valence-corrected chi connectivity index (χ1v) is 9.04. The highest BCUT2D eigenvalue weighted by molar-refractivity contribution is 6.30. The molecule has 0 atom stereocenters. The molecule has 3 aromatic rings. The quantitative estimate of drug-likeness (QED) is 0.435. The summed E-state index contributed by atoms with van der Waals surface area (Å²) in [5.41, 5.74) is 4.28. The largest absolute Gasteiger partial charge is 1.00 e. The summed E-state index contributed by atoms with van der Waals surface area (Å²) in [6.45, 7) is 0.338. The Balaban J connectivity index is 0.00000196. The monoisotopic (exact) mass is 450 g/mol. The number of Topliss-reactive ketones (excluding diaryl/α,β-unsaturated/α-hetero) is 1. The Morgan fingerprint density at radius 3 is 2.23 bits per heavy atom. The van der Waals surface area contributed by atoms with Crippen molar-refractivity contribution >= 4 is 29.0 Å². The molecule has 0 aliphatic heterocycles. The fourth-order valence-electron chi connectivity index (χ4n) is 3.40. The number of fused-ring (bicyclic) bond motifs is 1.